The standard InChI is InChI=1S/C20H18N4O6/c1-3-29-15-10-6-14(7-11-15)23-18-17(24(26)27)19(22-12-21-18)30-16-8-4-13(5-9-16)20(25)28-2/h4-12H,3H2,1-2H3,(H,21,22,23). The van der Waals surface area contributed by atoms with E-state index in [-0.39, 0.29) is 17.4 Å². The average molecular weight is 410 g/mol. The lowest BCUT2D eigenvalue weighted by molar-refractivity contribution is -0.385. The van der Waals surface area contributed by atoms with Gasteiger partial charge in [-0.1, -0.05) is 0 Å². The maximum Gasteiger partial charge on any atom is 0.373 e. The van der Waals surface area contributed by atoms with Gasteiger partial charge in [0.2, 0.25) is 5.82 Å². The van der Waals surface area contributed by atoms with Gasteiger partial charge in [-0.05, 0) is 55.5 Å². The predicted molar refractivity (Wildman–Crippen MR) is 107 cm³/mol. The lowest BCUT2D eigenvalue weighted by Gasteiger charge is -2.10. The molecule has 0 amide bonds. The molecule has 2 aromatic carbocycles. The molecule has 0 atom stereocenters. The fourth-order valence-corrected chi connectivity index (χ4v) is 2.52. The van der Waals surface area contributed by atoms with Gasteiger partial charge in [0.15, 0.2) is 0 Å². The molecule has 0 aliphatic heterocycles. The largest absolute Gasteiger partial charge is 0.494 e. The van der Waals surface area contributed by atoms with Crippen LogP contribution < -0.4 is 14.8 Å². The summed E-state index contributed by atoms with van der Waals surface area (Å²) in [6.45, 7) is 2.41. The summed E-state index contributed by atoms with van der Waals surface area (Å²) in [7, 11) is 1.27. The fourth-order valence-electron chi connectivity index (χ4n) is 2.52. The zero-order valence-electron chi connectivity index (χ0n) is 16.2. The van der Waals surface area contributed by atoms with Gasteiger partial charge in [0.05, 0.1) is 24.2 Å². The number of rotatable bonds is 8. The molecule has 0 bridgehead atoms. The maximum absolute atomic E-state index is 11.7. The predicted octanol–water partition coefficient (Wildman–Crippen LogP) is 4.11. The van der Waals surface area contributed by atoms with Crippen LogP contribution in [0.3, 0.4) is 0 Å². The van der Waals surface area contributed by atoms with Gasteiger partial charge in [0.1, 0.15) is 17.8 Å². The SMILES string of the molecule is CCOc1ccc(Nc2ncnc(Oc3ccc(C(=O)OC)cc3)c2[N+](=O)[O-])cc1. The number of carbonyl (C=O) groups is 1. The van der Waals surface area contributed by atoms with Crippen molar-refractivity contribution in [1.29, 1.82) is 0 Å². The number of nitro groups is 1. The minimum absolute atomic E-state index is 0.0275. The molecule has 0 fully saturated rings. The van der Waals surface area contributed by atoms with Crippen LogP contribution in [0.1, 0.15) is 17.3 Å². The van der Waals surface area contributed by atoms with Gasteiger partial charge in [-0.3, -0.25) is 10.1 Å². The Hall–Kier alpha value is -4.21. The van der Waals surface area contributed by atoms with E-state index >= 15 is 0 Å². The Kier molecular flexibility index (Phi) is 6.38. The van der Waals surface area contributed by atoms with E-state index in [4.69, 9.17) is 9.47 Å². The zero-order valence-corrected chi connectivity index (χ0v) is 16.2. The van der Waals surface area contributed by atoms with E-state index in [1.54, 1.807) is 24.3 Å². The number of hydrogen-bond acceptors (Lipinski definition) is 9. The number of anilines is 2. The number of nitrogens with zero attached hydrogens (tertiary/aromatic N) is 3. The summed E-state index contributed by atoms with van der Waals surface area (Å²) in [6.07, 6.45) is 1.15. The van der Waals surface area contributed by atoms with Crippen molar-refractivity contribution in [3.05, 3.63) is 70.5 Å². The lowest BCUT2D eigenvalue weighted by Crippen LogP contribution is -2.04. The number of hydrogen-bond donors (Lipinski definition) is 1. The molecule has 0 saturated carbocycles. The highest BCUT2D eigenvalue weighted by atomic mass is 16.6. The average Bonchev–Trinajstić information content (AvgIpc) is 2.75. The van der Waals surface area contributed by atoms with Gasteiger partial charge in [0, 0.05) is 5.69 Å². The molecule has 0 saturated heterocycles. The molecule has 30 heavy (non-hydrogen) atoms. The molecule has 1 N–H and O–H groups in total. The van der Waals surface area contributed by atoms with Crippen molar-refractivity contribution < 1.29 is 23.9 Å². The van der Waals surface area contributed by atoms with E-state index in [9.17, 15) is 14.9 Å². The highest BCUT2D eigenvalue weighted by Gasteiger charge is 2.25. The lowest BCUT2D eigenvalue weighted by atomic mass is 10.2. The van der Waals surface area contributed by atoms with Crippen molar-refractivity contribution in [2.24, 2.45) is 0 Å². The van der Waals surface area contributed by atoms with Gasteiger partial charge in [-0.25, -0.2) is 9.78 Å². The van der Waals surface area contributed by atoms with E-state index in [1.807, 2.05) is 6.92 Å². The van der Waals surface area contributed by atoms with Crippen molar-refractivity contribution in [2.45, 2.75) is 6.92 Å². The molecule has 0 aliphatic carbocycles. The van der Waals surface area contributed by atoms with Gasteiger partial charge in [0.25, 0.3) is 0 Å². The molecule has 1 heterocycles. The molecule has 10 nitrogen and oxygen atoms in total. The van der Waals surface area contributed by atoms with Crippen LogP contribution >= 0.6 is 0 Å². The van der Waals surface area contributed by atoms with Crippen LogP contribution in [0.25, 0.3) is 0 Å². The Morgan fingerprint density at radius 1 is 1.07 bits per heavy atom. The molecule has 1 aromatic heterocycles. The van der Waals surface area contributed by atoms with Crippen molar-refractivity contribution >= 4 is 23.2 Å². The number of nitrogens with one attached hydrogen (secondary N) is 1. The summed E-state index contributed by atoms with van der Waals surface area (Å²) in [5, 5.41) is 14.6. The van der Waals surface area contributed by atoms with E-state index in [1.165, 1.54) is 31.4 Å². The van der Waals surface area contributed by atoms with Crippen molar-refractivity contribution in [2.75, 3.05) is 19.0 Å². The third-order valence-corrected chi connectivity index (χ3v) is 3.89. The minimum atomic E-state index is -0.630. The molecule has 3 aromatic rings. The van der Waals surface area contributed by atoms with Gasteiger partial charge >= 0.3 is 17.5 Å². The zero-order chi connectivity index (χ0) is 21.5. The third kappa shape index (κ3) is 4.79. The molecule has 0 spiro atoms. The van der Waals surface area contributed by atoms with Crippen LogP contribution in [0, 0.1) is 10.1 Å². The van der Waals surface area contributed by atoms with Crippen LogP contribution in [-0.2, 0) is 4.74 Å². The highest BCUT2D eigenvalue weighted by molar-refractivity contribution is 5.89. The Labute approximate surface area is 171 Å². The second-order valence-corrected chi connectivity index (χ2v) is 5.83. The second kappa shape index (κ2) is 9.32. The van der Waals surface area contributed by atoms with Gasteiger partial charge < -0.3 is 19.5 Å². The summed E-state index contributed by atoms with van der Waals surface area (Å²) in [6, 6.07) is 12.8. The smallest absolute Gasteiger partial charge is 0.373 e. The number of carbonyl (C=O) groups excluding carboxylic acids is 1. The van der Waals surface area contributed by atoms with Crippen molar-refractivity contribution in [1.82, 2.24) is 9.97 Å². The summed E-state index contributed by atoms with van der Waals surface area (Å²) in [4.78, 5) is 30.4. The number of methoxy groups -OCH3 is 1. The Morgan fingerprint density at radius 2 is 1.73 bits per heavy atom. The topological polar surface area (TPSA) is 126 Å². The first-order valence-electron chi connectivity index (χ1n) is 8.87. The first kappa shape index (κ1) is 20.5. The summed E-state index contributed by atoms with van der Waals surface area (Å²) in [5.41, 5.74) is 0.469. The quantitative estimate of drug-likeness (QED) is 0.332. The molecule has 0 unspecified atom stereocenters. The number of benzene rings is 2. The van der Waals surface area contributed by atoms with Gasteiger partial charge in [-0.2, -0.15) is 4.98 Å². The molecule has 3 rings (SSSR count). The molecule has 0 radical (unpaired) electrons. The third-order valence-electron chi connectivity index (χ3n) is 3.89. The Balaban J connectivity index is 1.85. The number of aromatic nitrogens is 2. The van der Waals surface area contributed by atoms with Crippen LogP contribution in [-0.4, -0.2) is 34.6 Å². The van der Waals surface area contributed by atoms with E-state index in [2.05, 4.69) is 20.0 Å². The Morgan fingerprint density at radius 3 is 2.33 bits per heavy atom. The van der Waals surface area contributed by atoms with E-state index in [0.29, 0.717) is 23.6 Å². The minimum Gasteiger partial charge on any atom is -0.494 e. The van der Waals surface area contributed by atoms with Crippen molar-refractivity contribution in [3.8, 4) is 17.4 Å². The van der Waals surface area contributed by atoms with E-state index < -0.39 is 16.6 Å². The molecule has 0 aliphatic rings. The normalized spacial score (nSPS) is 10.2. The molecule has 10 heteroatoms. The molecule has 154 valence electrons. The number of ether oxygens (including phenoxy) is 3. The Bertz CT molecular complexity index is 1040. The number of esters is 1. The van der Waals surface area contributed by atoms with Crippen LogP contribution in [0.2, 0.25) is 0 Å². The van der Waals surface area contributed by atoms with Crippen LogP contribution in [0.15, 0.2) is 54.9 Å². The monoisotopic (exact) mass is 410 g/mol. The maximum atomic E-state index is 11.7. The summed E-state index contributed by atoms with van der Waals surface area (Å²) < 4.78 is 15.6. The van der Waals surface area contributed by atoms with Crippen LogP contribution in [0.4, 0.5) is 17.2 Å². The van der Waals surface area contributed by atoms with Crippen LogP contribution in [0.5, 0.6) is 17.4 Å². The highest BCUT2D eigenvalue weighted by Crippen LogP contribution is 2.35. The van der Waals surface area contributed by atoms with E-state index in [0.717, 1.165) is 6.33 Å². The first-order chi connectivity index (χ1) is 14.5. The van der Waals surface area contributed by atoms with Gasteiger partial charge in [-0.15, -0.1) is 0 Å². The summed E-state index contributed by atoms with van der Waals surface area (Å²) >= 11 is 0. The van der Waals surface area contributed by atoms with Crippen molar-refractivity contribution in [3.63, 3.8) is 0 Å². The second-order valence-electron chi connectivity index (χ2n) is 5.83. The first-order valence-corrected chi connectivity index (χ1v) is 8.87. The fraction of sp³-hybridized carbons (Fsp3) is 0.150. The summed E-state index contributed by atoms with van der Waals surface area (Å²) in [5.74, 6) is 0.169. The molecular formula is C20H18N4O6. The molecular weight excluding hydrogens is 392 g/mol.